The zero-order valence-corrected chi connectivity index (χ0v) is 18.5. The van der Waals surface area contributed by atoms with Gasteiger partial charge in [0.25, 0.3) is 0 Å². The van der Waals surface area contributed by atoms with Gasteiger partial charge in [0, 0.05) is 18.0 Å². The van der Waals surface area contributed by atoms with E-state index in [1.54, 1.807) is 6.07 Å². The lowest BCUT2D eigenvalue weighted by Gasteiger charge is -2.18. The molecule has 0 radical (unpaired) electrons. The van der Waals surface area contributed by atoms with Gasteiger partial charge in [0.05, 0.1) is 22.9 Å². The number of methoxy groups -OCH3 is 1. The first kappa shape index (κ1) is 21.7. The minimum Gasteiger partial charge on any atom is -0.495 e. The molecule has 6 nitrogen and oxygen atoms in total. The van der Waals surface area contributed by atoms with E-state index in [-0.39, 0.29) is 16.1 Å². The molecule has 2 aromatic rings. The molecule has 2 aromatic carbocycles. The molecule has 0 aliphatic carbocycles. The van der Waals surface area contributed by atoms with E-state index in [0.717, 1.165) is 23.3 Å². The molecule has 156 valence electrons. The number of anilines is 1. The molecule has 1 heterocycles. The third kappa shape index (κ3) is 5.12. The van der Waals surface area contributed by atoms with Gasteiger partial charge in [0.1, 0.15) is 5.75 Å². The van der Waals surface area contributed by atoms with Gasteiger partial charge in [-0.3, -0.25) is 4.79 Å². The van der Waals surface area contributed by atoms with Crippen molar-refractivity contribution in [2.24, 2.45) is 0 Å². The number of nitrogens with one attached hydrogen (secondary N) is 1. The number of hydrogen-bond acceptors (Lipinski definition) is 5. The van der Waals surface area contributed by atoms with Crippen molar-refractivity contribution in [1.82, 2.24) is 4.31 Å². The number of amides is 1. The summed E-state index contributed by atoms with van der Waals surface area (Å²) in [6.07, 6.45) is 1.74. The highest BCUT2D eigenvalue weighted by Crippen LogP contribution is 2.31. The summed E-state index contributed by atoms with van der Waals surface area (Å²) in [4.78, 5) is 13.9. The standard InChI is InChI=1S/C21H26N2O4S2/c1-15-6-8-17(9-7-15)28-16(2)21(24)22-19-14-18(10-11-20(19)27-3)29(25,26)23-12-4-5-13-23/h6-11,14,16H,4-5,12-13H2,1-3H3,(H,22,24)/t16-/m1/s1. The molecule has 3 rings (SSSR count). The Bertz CT molecular complexity index is 969. The van der Waals surface area contributed by atoms with Gasteiger partial charge in [0.2, 0.25) is 15.9 Å². The summed E-state index contributed by atoms with van der Waals surface area (Å²) in [5.41, 5.74) is 1.52. The van der Waals surface area contributed by atoms with Gasteiger partial charge in [-0.05, 0) is 57.0 Å². The lowest BCUT2D eigenvalue weighted by molar-refractivity contribution is -0.115. The third-order valence-corrected chi connectivity index (χ3v) is 7.84. The van der Waals surface area contributed by atoms with E-state index in [0.29, 0.717) is 24.5 Å². The number of carbonyl (C=O) groups excluding carboxylic acids is 1. The van der Waals surface area contributed by atoms with Crippen molar-refractivity contribution in [3.63, 3.8) is 0 Å². The highest BCUT2D eigenvalue weighted by atomic mass is 32.2. The first-order chi connectivity index (χ1) is 13.8. The number of carbonyl (C=O) groups is 1. The van der Waals surface area contributed by atoms with Gasteiger partial charge < -0.3 is 10.1 Å². The number of rotatable bonds is 7. The van der Waals surface area contributed by atoms with Crippen molar-refractivity contribution in [3.05, 3.63) is 48.0 Å². The lowest BCUT2D eigenvalue weighted by Crippen LogP contribution is -2.28. The van der Waals surface area contributed by atoms with E-state index >= 15 is 0 Å². The normalized spacial score (nSPS) is 15.8. The van der Waals surface area contributed by atoms with Crippen LogP contribution in [-0.4, -0.2) is 44.1 Å². The van der Waals surface area contributed by atoms with Crippen LogP contribution >= 0.6 is 11.8 Å². The van der Waals surface area contributed by atoms with E-state index in [1.165, 1.54) is 35.3 Å². The van der Waals surface area contributed by atoms with E-state index in [1.807, 2.05) is 38.1 Å². The Kier molecular flexibility index (Phi) is 6.87. The fraction of sp³-hybridized carbons (Fsp3) is 0.381. The van der Waals surface area contributed by atoms with Crippen LogP contribution in [0.1, 0.15) is 25.3 Å². The molecule has 0 saturated carbocycles. The molecular weight excluding hydrogens is 408 g/mol. The number of nitrogens with zero attached hydrogens (tertiary/aromatic N) is 1. The van der Waals surface area contributed by atoms with Gasteiger partial charge >= 0.3 is 0 Å². The minimum atomic E-state index is -3.57. The second kappa shape index (κ2) is 9.19. The summed E-state index contributed by atoms with van der Waals surface area (Å²) in [6.45, 7) is 4.89. The number of sulfonamides is 1. The van der Waals surface area contributed by atoms with Crippen LogP contribution in [0, 0.1) is 6.92 Å². The topological polar surface area (TPSA) is 75.7 Å². The van der Waals surface area contributed by atoms with Crippen molar-refractivity contribution in [1.29, 1.82) is 0 Å². The fourth-order valence-electron chi connectivity index (χ4n) is 3.13. The number of benzene rings is 2. The summed E-state index contributed by atoms with van der Waals surface area (Å²) in [7, 11) is -2.08. The van der Waals surface area contributed by atoms with Crippen molar-refractivity contribution in [3.8, 4) is 5.75 Å². The summed E-state index contributed by atoms with van der Waals surface area (Å²) in [6, 6.07) is 12.5. The minimum absolute atomic E-state index is 0.161. The van der Waals surface area contributed by atoms with Crippen molar-refractivity contribution in [2.45, 2.75) is 41.7 Å². The van der Waals surface area contributed by atoms with Crippen LogP contribution in [0.15, 0.2) is 52.3 Å². The van der Waals surface area contributed by atoms with E-state index in [4.69, 9.17) is 4.74 Å². The molecule has 8 heteroatoms. The predicted molar refractivity (Wildman–Crippen MR) is 116 cm³/mol. The van der Waals surface area contributed by atoms with Crippen LogP contribution in [0.3, 0.4) is 0 Å². The van der Waals surface area contributed by atoms with Gasteiger partial charge in [-0.25, -0.2) is 8.42 Å². The van der Waals surface area contributed by atoms with Crippen LogP contribution in [0.2, 0.25) is 0 Å². The molecule has 1 amide bonds. The van der Waals surface area contributed by atoms with Gasteiger partial charge in [-0.15, -0.1) is 11.8 Å². The number of aryl methyl sites for hydroxylation is 1. The highest BCUT2D eigenvalue weighted by molar-refractivity contribution is 8.00. The maximum Gasteiger partial charge on any atom is 0.243 e. The second-order valence-electron chi connectivity index (χ2n) is 7.04. The zero-order chi connectivity index (χ0) is 21.0. The molecule has 1 N–H and O–H groups in total. The smallest absolute Gasteiger partial charge is 0.243 e. The molecule has 1 fully saturated rings. The SMILES string of the molecule is COc1ccc(S(=O)(=O)N2CCCC2)cc1NC(=O)[C@@H](C)Sc1ccc(C)cc1. The largest absolute Gasteiger partial charge is 0.495 e. The first-order valence-corrected chi connectivity index (χ1v) is 11.9. The molecule has 29 heavy (non-hydrogen) atoms. The lowest BCUT2D eigenvalue weighted by atomic mass is 10.2. The third-order valence-electron chi connectivity index (χ3n) is 4.83. The zero-order valence-electron chi connectivity index (χ0n) is 16.8. The number of hydrogen-bond donors (Lipinski definition) is 1. The van der Waals surface area contributed by atoms with Crippen molar-refractivity contribution >= 4 is 33.4 Å². The van der Waals surface area contributed by atoms with E-state index in [9.17, 15) is 13.2 Å². The van der Waals surface area contributed by atoms with Crippen LogP contribution in [0.25, 0.3) is 0 Å². The average Bonchev–Trinajstić information content (AvgIpc) is 3.25. The Morgan fingerprint density at radius 2 is 1.79 bits per heavy atom. The highest BCUT2D eigenvalue weighted by Gasteiger charge is 2.28. The predicted octanol–water partition coefficient (Wildman–Crippen LogP) is 3.91. The Morgan fingerprint density at radius 3 is 2.41 bits per heavy atom. The monoisotopic (exact) mass is 434 g/mol. The number of thioether (sulfide) groups is 1. The van der Waals surface area contributed by atoms with Crippen LogP contribution < -0.4 is 10.1 Å². The fourth-order valence-corrected chi connectivity index (χ4v) is 5.54. The van der Waals surface area contributed by atoms with Gasteiger partial charge in [0.15, 0.2) is 0 Å². The summed E-state index contributed by atoms with van der Waals surface area (Å²) < 4.78 is 32.5. The van der Waals surface area contributed by atoms with Gasteiger partial charge in [-0.1, -0.05) is 17.7 Å². The molecule has 0 aromatic heterocycles. The summed E-state index contributed by atoms with van der Waals surface area (Å²) in [5, 5.41) is 2.47. The maximum atomic E-state index is 12.8. The van der Waals surface area contributed by atoms with Gasteiger partial charge in [-0.2, -0.15) is 4.31 Å². The van der Waals surface area contributed by atoms with E-state index < -0.39 is 10.0 Å². The molecule has 0 bridgehead atoms. The van der Waals surface area contributed by atoms with Crippen molar-refractivity contribution < 1.29 is 17.9 Å². The Hall–Kier alpha value is -2.03. The molecule has 1 atom stereocenters. The van der Waals surface area contributed by atoms with E-state index in [2.05, 4.69) is 5.32 Å². The molecular formula is C21H26N2O4S2. The quantitative estimate of drug-likeness (QED) is 0.669. The first-order valence-electron chi connectivity index (χ1n) is 9.53. The second-order valence-corrected chi connectivity index (χ2v) is 10.4. The Morgan fingerprint density at radius 1 is 1.14 bits per heavy atom. The van der Waals surface area contributed by atoms with Crippen LogP contribution in [0.5, 0.6) is 5.75 Å². The van der Waals surface area contributed by atoms with Crippen molar-refractivity contribution in [2.75, 3.05) is 25.5 Å². The molecule has 1 aliphatic heterocycles. The Balaban J connectivity index is 1.78. The average molecular weight is 435 g/mol. The van der Waals surface area contributed by atoms with Crippen LogP contribution in [0.4, 0.5) is 5.69 Å². The van der Waals surface area contributed by atoms with Crippen LogP contribution in [-0.2, 0) is 14.8 Å². The molecule has 0 spiro atoms. The Labute approximate surface area is 176 Å². The summed E-state index contributed by atoms with van der Waals surface area (Å²) >= 11 is 1.44. The number of ether oxygens (including phenoxy) is 1. The molecule has 1 aliphatic rings. The molecule has 1 saturated heterocycles. The molecule has 0 unspecified atom stereocenters. The summed E-state index contributed by atoms with van der Waals surface area (Å²) in [5.74, 6) is 0.204. The maximum absolute atomic E-state index is 12.8.